The van der Waals surface area contributed by atoms with Gasteiger partial charge in [0, 0.05) is 17.9 Å². The Morgan fingerprint density at radius 2 is 1.93 bits per heavy atom. The van der Waals surface area contributed by atoms with Crippen LogP contribution in [0.1, 0.15) is 30.3 Å². The smallest absolute Gasteiger partial charge is 0.349 e. The van der Waals surface area contributed by atoms with Crippen LogP contribution in [-0.4, -0.2) is 23.1 Å². The molecule has 0 bridgehead atoms. The molecule has 6 nitrogen and oxygen atoms in total. The van der Waals surface area contributed by atoms with Crippen molar-refractivity contribution in [2.24, 2.45) is 0 Å². The van der Waals surface area contributed by atoms with Gasteiger partial charge in [-0.05, 0) is 50.1 Å². The van der Waals surface area contributed by atoms with Crippen LogP contribution >= 0.6 is 0 Å². The number of rotatable bonds is 7. The normalized spacial score (nSPS) is 11.1. The highest BCUT2D eigenvalue weighted by atomic mass is 19.1. The van der Waals surface area contributed by atoms with Gasteiger partial charge in [0.05, 0.1) is 0 Å². The van der Waals surface area contributed by atoms with Crippen molar-refractivity contribution in [1.82, 2.24) is 4.57 Å². The van der Waals surface area contributed by atoms with Crippen molar-refractivity contribution in [2.45, 2.75) is 33.7 Å². The molecule has 1 aromatic carbocycles. The first-order valence-corrected chi connectivity index (χ1v) is 8.98. The van der Waals surface area contributed by atoms with Crippen molar-refractivity contribution in [3.63, 3.8) is 0 Å². The van der Waals surface area contributed by atoms with Gasteiger partial charge in [-0.25, -0.2) is 13.6 Å². The highest BCUT2D eigenvalue weighted by Crippen LogP contribution is 2.20. The zero-order valence-corrected chi connectivity index (χ0v) is 16.4. The summed E-state index contributed by atoms with van der Waals surface area (Å²) in [5, 5.41) is 11.3. The molecule has 29 heavy (non-hydrogen) atoms. The molecule has 0 saturated carbocycles. The molecule has 1 N–H and O–H groups in total. The summed E-state index contributed by atoms with van der Waals surface area (Å²) >= 11 is 0. The minimum Gasteiger partial charge on any atom is -0.451 e. The van der Waals surface area contributed by atoms with Gasteiger partial charge in [0.2, 0.25) is 0 Å². The molecule has 0 aliphatic heterocycles. The molecule has 2 rings (SSSR count). The second-order valence-electron chi connectivity index (χ2n) is 6.37. The largest absolute Gasteiger partial charge is 0.451 e. The number of carbonyl (C=O) groups is 2. The summed E-state index contributed by atoms with van der Waals surface area (Å²) in [4.78, 5) is 24.0. The predicted octanol–water partition coefficient (Wildman–Crippen LogP) is 3.88. The summed E-state index contributed by atoms with van der Waals surface area (Å²) in [6.45, 7) is 5.87. The first-order chi connectivity index (χ1) is 13.8. The Labute approximate surface area is 167 Å². The van der Waals surface area contributed by atoms with E-state index in [0.717, 1.165) is 42.6 Å². The number of aryl methyl sites for hydroxylation is 1. The summed E-state index contributed by atoms with van der Waals surface area (Å²) in [6, 6.07) is 6.73. The molecule has 2 aromatic rings. The third-order valence-corrected chi connectivity index (χ3v) is 4.26. The average molecular weight is 401 g/mol. The second kappa shape index (κ2) is 9.64. The van der Waals surface area contributed by atoms with E-state index in [9.17, 15) is 23.6 Å². The summed E-state index contributed by atoms with van der Waals surface area (Å²) < 4.78 is 34.0. The summed E-state index contributed by atoms with van der Waals surface area (Å²) in [5.74, 6) is -3.84. The molecule has 0 radical (unpaired) electrons. The zero-order chi connectivity index (χ0) is 21.6. The Bertz CT molecular complexity index is 983. The van der Waals surface area contributed by atoms with Gasteiger partial charge in [-0.2, -0.15) is 5.26 Å². The molecule has 0 atom stereocenters. The van der Waals surface area contributed by atoms with Crippen LogP contribution in [0, 0.1) is 36.8 Å². The number of ether oxygens (including phenoxy) is 1. The number of para-hydroxylation sites is 1. The number of hydrogen-bond donors (Lipinski definition) is 1. The van der Waals surface area contributed by atoms with E-state index >= 15 is 0 Å². The van der Waals surface area contributed by atoms with Crippen LogP contribution in [0.3, 0.4) is 0 Å². The molecule has 1 heterocycles. The lowest BCUT2D eigenvalue weighted by molar-refractivity contribution is -0.142. The first-order valence-electron chi connectivity index (χ1n) is 8.98. The molecule has 152 valence electrons. The van der Waals surface area contributed by atoms with E-state index in [1.807, 2.05) is 32.2 Å². The van der Waals surface area contributed by atoms with Crippen LogP contribution in [0.5, 0.6) is 0 Å². The van der Waals surface area contributed by atoms with E-state index in [-0.39, 0.29) is 5.57 Å². The predicted molar refractivity (Wildman–Crippen MR) is 104 cm³/mol. The van der Waals surface area contributed by atoms with Crippen LogP contribution < -0.4 is 5.32 Å². The van der Waals surface area contributed by atoms with E-state index in [4.69, 9.17) is 4.74 Å². The van der Waals surface area contributed by atoms with Crippen LogP contribution in [0.4, 0.5) is 14.5 Å². The van der Waals surface area contributed by atoms with Crippen LogP contribution in [0.25, 0.3) is 6.08 Å². The molecular formula is C21H21F2N3O3. The van der Waals surface area contributed by atoms with Gasteiger partial charge in [0.15, 0.2) is 6.61 Å². The average Bonchev–Trinajstić information content (AvgIpc) is 2.95. The quantitative estimate of drug-likeness (QED) is 0.434. The summed E-state index contributed by atoms with van der Waals surface area (Å²) in [5.41, 5.74) is 1.67. The van der Waals surface area contributed by atoms with Gasteiger partial charge in [0.25, 0.3) is 5.91 Å². The Balaban J connectivity index is 2.07. The minimum atomic E-state index is -1.00. The number of amides is 1. The molecule has 0 saturated heterocycles. The lowest BCUT2D eigenvalue weighted by Crippen LogP contribution is -2.22. The van der Waals surface area contributed by atoms with Crippen molar-refractivity contribution in [2.75, 3.05) is 11.9 Å². The van der Waals surface area contributed by atoms with Gasteiger partial charge in [0.1, 0.15) is 29.0 Å². The zero-order valence-electron chi connectivity index (χ0n) is 16.4. The number of nitrogens with one attached hydrogen (secondary N) is 1. The fourth-order valence-electron chi connectivity index (χ4n) is 2.84. The number of esters is 1. The number of benzene rings is 1. The highest BCUT2D eigenvalue weighted by molar-refractivity contribution is 6.00. The van der Waals surface area contributed by atoms with Crippen molar-refractivity contribution in [3.05, 3.63) is 58.4 Å². The van der Waals surface area contributed by atoms with E-state index in [2.05, 4.69) is 4.57 Å². The fraction of sp³-hybridized carbons (Fsp3) is 0.286. The maximum atomic E-state index is 13.5. The summed E-state index contributed by atoms with van der Waals surface area (Å²) in [6.07, 6.45) is 2.33. The lowest BCUT2D eigenvalue weighted by Gasteiger charge is -2.08. The summed E-state index contributed by atoms with van der Waals surface area (Å²) in [7, 11) is 0. The van der Waals surface area contributed by atoms with Gasteiger partial charge in [-0.3, -0.25) is 4.79 Å². The third kappa shape index (κ3) is 5.29. The van der Waals surface area contributed by atoms with E-state index < -0.39 is 35.8 Å². The number of aromatic nitrogens is 1. The van der Waals surface area contributed by atoms with E-state index in [1.165, 1.54) is 6.08 Å². The maximum Gasteiger partial charge on any atom is 0.349 e. The Morgan fingerprint density at radius 1 is 1.28 bits per heavy atom. The monoisotopic (exact) mass is 401 g/mol. The van der Waals surface area contributed by atoms with Crippen LogP contribution in [0.2, 0.25) is 0 Å². The number of nitrogens with zero attached hydrogens (tertiary/aromatic N) is 2. The van der Waals surface area contributed by atoms with E-state index in [0.29, 0.717) is 5.56 Å². The first kappa shape index (κ1) is 21.8. The van der Waals surface area contributed by atoms with Gasteiger partial charge in [-0.1, -0.05) is 13.0 Å². The molecule has 8 heteroatoms. The molecule has 1 aromatic heterocycles. The fourth-order valence-corrected chi connectivity index (χ4v) is 2.84. The van der Waals surface area contributed by atoms with Crippen molar-refractivity contribution in [1.29, 1.82) is 5.26 Å². The number of carbonyl (C=O) groups excluding carboxylic acids is 2. The number of anilines is 1. The molecular weight excluding hydrogens is 380 g/mol. The van der Waals surface area contributed by atoms with Crippen molar-refractivity contribution >= 4 is 23.6 Å². The highest BCUT2D eigenvalue weighted by Gasteiger charge is 2.17. The molecule has 1 amide bonds. The van der Waals surface area contributed by atoms with Crippen LogP contribution in [-0.2, 0) is 20.9 Å². The van der Waals surface area contributed by atoms with Gasteiger partial charge < -0.3 is 14.6 Å². The Hall–Kier alpha value is -3.47. The molecule has 0 fully saturated rings. The molecule has 0 aliphatic rings. The van der Waals surface area contributed by atoms with Gasteiger partial charge >= 0.3 is 5.97 Å². The van der Waals surface area contributed by atoms with Crippen molar-refractivity contribution < 1.29 is 23.1 Å². The Kier molecular flexibility index (Phi) is 7.26. The number of hydrogen-bond acceptors (Lipinski definition) is 4. The molecule has 0 spiro atoms. The number of halogens is 2. The topological polar surface area (TPSA) is 84.1 Å². The molecule has 0 unspecified atom stereocenters. The lowest BCUT2D eigenvalue weighted by atomic mass is 10.1. The van der Waals surface area contributed by atoms with Crippen molar-refractivity contribution in [3.8, 4) is 6.07 Å². The second-order valence-corrected chi connectivity index (χ2v) is 6.37. The van der Waals surface area contributed by atoms with E-state index in [1.54, 1.807) is 6.07 Å². The SMILES string of the molecule is CCCn1c(C)cc(/C=C(\C#N)C(=O)OCC(=O)Nc2c(F)cccc2F)c1C. The maximum absolute atomic E-state index is 13.5. The Morgan fingerprint density at radius 3 is 2.52 bits per heavy atom. The van der Waals surface area contributed by atoms with Crippen LogP contribution in [0.15, 0.2) is 29.8 Å². The third-order valence-electron chi connectivity index (χ3n) is 4.26. The number of nitriles is 1. The minimum absolute atomic E-state index is 0.286. The van der Waals surface area contributed by atoms with Gasteiger partial charge in [-0.15, -0.1) is 0 Å². The standard InChI is InChI=1S/C21H21F2N3O3/c1-4-8-26-13(2)9-15(14(26)3)10-16(11-24)21(28)29-12-19(27)25-20-17(22)6-5-7-18(20)23/h5-7,9-10H,4,8,12H2,1-3H3,(H,25,27)/b16-10+. The molecule has 0 aliphatic carbocycles.